The van der Waals surface area contributed by atoms with E-state index < -0.39 is 0 Å². The highest BCUT2D eigenvalue weighted by molar-refractivity contribution is 9.10. The normalized spacial score (nSPS) is 11.2. The Bertz CT molecular complexity index is 566. The molecule has 0 spiro atoms. The zero-order valence-corrected chi connectivity index (χ0v) is 14.1. The fraction of sp³-hybridized carbons (Fsp3) is 0.400. The third kappa shape index (κ3) is 4.33. The van der Waals surface area contributed by atoms with Crippen LogP contribution < -0.4 is 5.32 Å². The minimum atomic E-state index is 0.646. The Morgan fingerprint density at radius 2 is 2.15 bits per heavy atom. The van der Waals surface area contributed by atoms with Gasteiger partial charge in [0.05, 0.1) is 12.2 Å². The van der Waals surface area contributed by atoms with Crippen molar-refractivity contribution in [2.45, 2.75) is 26.9 Å². The molecule has 0 unspecified atom stereocenters. The van der Waals surface area contributed by atoms with Gasteiger partial charge in [-0.25, -0.2) is 0 Å². The van der Waals surface area contributed by atoms with Crippen LogP contribution in [0.2, 0.25) is 5.02 Å². The molecular weight excluding hydrogens is 338 g/mol. The molecule has 1 heterocycles. The lowest BCUT2D eigenvalue weighted by Crippen LogP contribution is -2.21. The lowest BCUT2D eigenvalue weighted by atomic mass is 10.2. The molecule has 0 bridgehead atoms. The van der Waals surface area contributed by atoms with Gasteiger partial charge in [0.1, 0.15) is 0 Å². The van der Waals surface area contributed by atoms with E-state index in [1.807, 2.05) is 35.1 Å². The molecule has 2 aromatic rings. The summed E-state index contributed by atoms with van der Waals surface area (Å²) in [7, 11) is 0. The predicted octanol–water partition coefficient (Wildman–Crippen LogP) is 4.09. The summed E-state index contributed by atoms with van der Waals surface area (Å²) in [4.78, 5) is 0. The van der Waals surface area contributed by atoms with Gasteiger partial charge in [-0.1, -0.05) is 47.4 Å². The van der Waals surface area contributed by atoms with Crippen molar-refractivity contribution < 1.29 is 0 Å². The fourth-order valence-electron chi connectivity index (χ4n) is 1.95. The van der Waals surface area contributed by atoms with E-state index in [9.17, 15) is 0 Å². The summed E-state index contributed by atoms with van der Waals surface area (Å²) in [6, 6.07) is 7.98. The molecule has 0 aliphatic carbocycles. The van der Waals surface area contributed by atoms with Gasteiger partial charge in [0, 0.05) is 22.2 Å². The van der Waals surface area contributed by atoms with Crippen molar-refractivity contribution in [3.63, 3.8) is 0 Å². The molecule has 0 aliphatic rings. The highest BCUT2D eigenvalue weighted by Gasteiger charge is 2.07. The van der Waals surface area contributed by atoms with Crippen LogP contribution in [0.5, 0.6) is 0 Å². The van der Waals surface area contributed by atoms with Crippen LogP contribution in [0.3, 0.4) is 0 Å². The third-order valence-corrected chi connectivity index (χ3v) is 3.84. The van der Waals surface area contributed by atoms with E-state index in [-0.39, 0.29) is 0 Å². The van der Waals surface area contributed by atoms with Gasteiger partial charge in [0.25, 0.3) is 0 Å². The summed E-state index contributed by atoms with van der Waals surface area (Å²) < 4.78 is 2.98. The molecule has 1 aromatic heterocycles. The molecular formula is C15H19BrClN3. The maximum absolute atomic E-state index is 6.26. The summed E-state index contributed by atoms with van der Waals surface area (Å²) in [5.74, 6) is 0.646. The largest absolute Gasteiger partial charge is 0.311 e. The van der Waals surface area contributed by atoms with Crippen LogP contribution in [0, 0.1) is 5.92 Å². The number of nitrogens with one attached hydrogen (secondary N) is 1. The van der Waals surface area contributed by atoms with Crippen LogP contribution in [0.25, 0.3) is 0 Å². The number of aromatic nitrogens is 2. The lowest BCUT2D eigenvalue weighted by molar-refractivity contribution is 0.529. The molecule has 0 saturated heterocycles. The van der Waals surface area contributed by atoms with Gasteiger partial charge in [-0.2, -0.15) is 5.10 Å². The molecule has 0 amide bonds. The molecule has 0 fully saturated rings. The first-order valence-electron chi connectivity index (χ1n) is 6.71. The standard InChI is InChI=1S/C15H19BrClN3/c1-11(2)8-18-9-14-5-6-19-20(14)10-12-3-4-13(16)7-15(12)17/h3-7,11,18H,8-10H2,1-2H3. The summed E-state index contributed by atoms with van der Waals surface area (Å²) in [6.45, 7) is 6.92. The van der Waals surface area contributed by atoms with E-state index in [1.165, 1.54) is 5.69 Å². The second-order valence-electron chi connectivity index (χ2n) is 5.24. The molecule has 5 heteroatoms. The first-order valence-corrected chi connectivity index (χ1v) is 7.88. The van der Waals surface area contributed by atoms with E-state index >= 15 is 0 Å². The topological polar surface area (TPSA) is 29.9 Å². The minimum absolute atomic E-state index is 0.646. The molecule has 1 N–H and O–H groups in total. The molecule has 0 saturated carbocycles. The van der Waals surface area contributed by atoms with Gasteiger partial charge in [-0.3, -0.25) is 4.68 Å². The van der Waals surface area contributed by atoms with Gasteiger partial charge in [0.2, 0.25) is 0 Å². The summed E-state index contributed by atoms with van der Waals surface area (Å²) in [6.07, 6.45) is 1.83. The first kappa shape index (κ1) is 15.5. The third-order valence-electron chi connectivity index (χ3n) is 3.00. The lowest BCUT2D eigenvalue weighted by Gasteiger charge is -2.11. The van der Waals surface area contributed by atoms with Gasteiger partial charge in [-0.15, -0.1) is 0 Å². The van der Waals surface area contributed by atoms with Crippen molar-refractivity contribution in [1.82, 2.24) is 15.1 Å². The van der Waals surface area contributed by atoms with Crippen molar-refractivity contribution in [2.24, 2.45) is 5.92 Å². The van der Waals surface area contributed by atoms with Crippen molar-refractivity contribution in [2.75, 3.05) is 6.54 Å². The Morgan fingerprint density at radius 1 is 1.35 bits per heavy atom. The summed E-state index contributed by atoms with van der Waals surface area (Å²) >= 11 is 9.68. The number of benzene rings is 1. The van der Waals surface area contributed by atoms with Gasteiger partial charge in [-0.05, 0) is 36.2 Å². The number of rotatable bonds is 6. The second kappa shape index (κ2) is 7.25. The number of nitrogens with zero attached hydrogens (tertiary/aromatic N) is 2. The Labute approximate surface area is 133 Å². The van der Waals surface area contributed by atoms with E-state index in [0.717, 1.165) is 28.1 Å². The van der Waals surface area contributed by atoms with Crippen molar-refractivity contribution >= 4 is 27.5 Å². The fourth-order valence-corrected chi connectivity index (χ4v) is 2.69. The Hall–Kier alpha value is -0.840. The van der Waals surface area contributed by atoms with Crippen LogP contribution in [0.1, 0.15) is 25.1 Å². The van der Waals surface area contributed by atoms with Crippen LogP contribution in [0.4, 0.5) is 0 Å². The average Bonchev–Trinajstić information content (AvgIpc) is 2.80. The smallest absolute Gasteiger partial charge is 0.0677 e. The van der Waals surface area contributed by atoms with Gasteiger partial charge >= 0.3 is 0 Å². The van der Waals surface area contributed by atoms with E-state index in [0.29, 0.717) is 12.5 Å². The molecule has 0 radical (unpaired) electrons. The minimum Gasteiger partial charge on any atom is -0.311 e. The maximum atomic E-state index is 6.26. The first-order chi connectivity index (χ1) is 9.56. The van der Waals surface area contributed by atoms with Crippen molar-refractivity contribution in [1.29, 1.82) is 0 Å². The Balaban J connectivity index is 2.04. The zero-order chi connectivity index (χ0) is 14.5. The number of halogens is 2. The quantitative estimate of drug-likeness (QED) is 0.844. The molecule has 3 nitrogen and oxygen atoms in total. The van der Waals surface area contributed by atoms with E-state index in [1.54, 1.807) is 0 Å². The Morgan fingerprint density at radius 3 is 2.85 bits per heavy atom. The predicted molar refractivity (Wildman–Crippen MR) is 87.0 cm³/mol. The Kier molecular flexibility index (Phi) is 5.64. The summed E-state index contributed by atoms with van der Waals surface area (Å²) in [5.41, 5.74) is 2.24. The molecule has 1 aromatic carbocycles. The van der Waals surface area contributed by atoms with Crippen LogP contribution in [0.15, 0.2) is 34.9 Å². The molecule has 0 atom stereocenters. The van der Waals surface area contributed by atoms with Gasteiger partial charge in [0.15, 0.2) is 0 Å². The molecule has 2 rings (SSSR count). The van der Waals surface area contributed by atoms with Crippen molar-refractivity contribution in [3.05, 3.63) is 51.2 Å². The van der Waals surface area contributed by atoms with Crippen molar-refractivity contribution in [3.8, 4) is 0 Å². The van der Waals surface area contributed by atoms with E-state index in [2.05, 4.69) is 40.2 Å². The number of hydrogen-bond acceptors (Lipinski definition) is 2. The summed E-state index contributed by atoms with van der Waals surface area (Å²) in [5, 5.41) is 8.58. The number of hydrogen-bond donors (Lipinski definition) is 1. The highest BCUT2D eigenvalue weighted by Crippen LogP contribution is 2.22. The highest BCUT2D eigenvalue weighted by atomic mass is 79.9. The van der Waals surface area contributed by atoms with Crippen LogP contribution >= 0.6 is 27.5 Å². The average molecular weight is 357 g/mol. The van der Waals surface area contributed by atoms with Crippen LogP contribution in [-0.4, -0.2) is 16.3 Å². The van der Waals surface area contributed by atoms with E-state index in [4.69, 9.17) is 11.6 Å². The zero-order valence-electron chi connectivity index (χ0n) is 11.7. The second-order valence-corrected chi connectivity index (χ2v) is 6.56. The van der Waals surface area contributed by atoms with Gasteiger partial charge < -0.3 is 5.32 Å². The monoisotopic (exact) mass is 355 g/mol. The molecule has 0 aliphatic heterocycles. The van der Waals surface area contributed by atoms with Crippen LogP contribution in [-0.2, 0) is 13.1 Å². The molecule has 20 heavy (non-hydrogen) atoms. The maximum Gasteiger partial charge on any atom is 0.0677 e. The molecule has 108 valence electrons. The SMILES string of the molecule is CC(C)CNCc1ccnn1Cc1ccc(Br)cc1Cl.